The van der Waals surface area contributed by atoms with Crippen molar-refractivity contribution < 1.29 is 12.8 Å². The van der Waals surface area contributed by atoms with E-state index in [1.807, 2.05) is 0 Å². The van der Waals surface area contributed by atoms with Crippen molar-refractivity contribution in [3.05, 3.63) is 26.9 Å². The molecule has 0 aromatic heterocycles. The van der Waals surface area contributed by atoms with Crippen LogP contribution < -0.4 is 5.14 Å². The molecule has 1 aromatic rings. The Morgan fingerprint density at radius 1 is 1.31 bits per heavy atom. The Morgan fingerprint density at radius 2 is 1.85 bits per heavy atom. The first-order valence-corrected chi connectivity index (χ1v) is 6.13. The average molecular weight is 333 g/mol. The smallest absolute Gasteiger partial charge is 0.225 e. The Kier molecular flexibility index (Phi) is 3.11. The molecule has 0 atom stereocenters. The lowest BCUT2D eigenvalue weighted by molar-refractivity contribution is 0.564. The number of nitrogens with two attached hydrogens (primary N) is 1. The third kappa shape index (κ3) is 2.49. The van der Waals surface area contributed by atoms with Crippen molar-refractivity contribution in [2.45, 2.75) is 4.90 Å². The molecular formula is C6H4Br2FNO2S. The second kappa shape index (κ2) is 3.64. The third-order valence-corrected chi connectivity index (χ3v) is 3.21. The number of primary sulfonamides is 1. The van der Waals surface area contributed by atoms with Gasteiger partial charge in [0.1, 0.15) is 4.90 Å². The summed E-state index contributed by atoms with van der Waals surface area (Å²) in [7, 11) is -4.01. The highest BCUT2D eigenvalue weighted by Gasteiger charge is 2.17. The molecule has 13 heavy (non-hydrogen) atoms. The molecule has 0 aliphatic rings. The zero-order valence-corrected chi connectivity index (χ0v) is 10.1. The van der Waals surface area contributed by atoms with Crippen LogP contribution in [-0.4, -0.2) is 8.42 Å². The van der Waals surface area contributed by atoms with Crippen LogP contribution in [0.3, 0.4) is 0 Å². The van der Waals surface area contributed by atoms with Gasteiger partial charge in [-0.25, -0.2) is 17.9 Å². The van der Waals surface area contributed by atoms with Crippen LogP contribution in [0.15, 0.2) is 26.0 Å². The molecule has 0 spiro atoms. The molecule has 0 saturated heterocycles. The van der Waals surface area contributed by atoms with Gasteiger partial charge in [0.15, 0.2) is 5.82 Å². The lowest BCUT2D eigenvalue weighted by atomic mass is 10.3. The maximum Gasteiger partial charge on any atom is 0.241 e. The highest BCUT2D eigenvalue weighted by atomic mass is 79.9. The van der Waals surface area contributed by atoms with E-state index in [0.717, 1.165) is 6.07 Å². The maximum absolute atomic E-state index is 13.2. The van der Waals surface area contributed by atoms with Gasteiger partial charge in [-0.3, -0.25) is 0 Å². The van der Waals surface area contributed by atoms with E-state index in [0.29, 0.717) is 4.47 Å². The second-order valence-corrected chi connectivity index (χ2v) is 5.54. The van der Waals surface area contributed by atoms with Crippen molar-refractivity contribution in [2.75, 3.05) is 0 Å². The van der Waals surface area contributed by atoms with Crippen LogP contribution in [0.2, 0.25) is 0 Å². The highest BCUT2D eigenvalue weighted by molar-refractivity contribution is 9.11. The largest absolute Gasteiger partial charge is 0.241 e. The van der Waals surface area contributed by atoms with E-state index in [1.54, 1.807) is 0 Å². The number of rotatable bonds is 1. The van der Waals surface area contributed by atoms with E-state index in [4.69, 9.17) is 5.14 Å². The van der Waals surface area contributed by atoms with Gasteiger partial charge in [0, 0.05) is 4.47 Å². The molecule has 0 unspecified atom stereocenters. The highest BCUT2D eigenvalue weighted by Crippen LogP contribution is 2.26. The molecule has 3 nitrogen and oxygen atoms in total. The molecule has 72 valence electrons. The van der Waals surface area contributed by atoms with Gasteiger partial charge in [0.05, 0.1) is 4.47 Å². The lowest BCUT2D eigenvalue weighted by Crippen LogP contribution is -2.14. The van der Waals surface area contributed by atoms with Crippen molar-refractivity contribution in [1.82, 2.24) is 0 Å². The molecule has 0 heterocycles. The summed E-state index contributed by atoms with van der Waals surface area (Å²) in [5.41, 5.74) is 0. The fourth-order valence-electron chi connectivity index (χ4n) is 0.739. The third-order valence-electron chi connectivity index (χ3n) is 1.27. The van der Waals surface area contributed by atoms with Crippen LogP contribution in [0.4, 0.5) is 4.39 Å². The summed E-state index contributed by atoms with van der Waals surface area (Å²) in [6.07, 6.45) is 0. The Morgan fingerprint density at radius 3 is 2.31 bits per heavy atom. The first-order valence-electron chi connectivity index (χ1n) is 2.99. The zero-order valence-electron chi connectivity index (χ0n) is 6.09. The zero-order chi connectivity index (χ0) is 10.2. The van der Waals surface area contributed by atoms with Crippen molar-refractivity contribution in [2.24, 2.45) is 5.14 Å². The molecule has 0 aliphatic heterocycles. The summed E-state index contributed by atoms with van der Waals surface area (Å²) in [6.45, 7) is 0. The first-order chi connectivity index (χ1) is 5.82. The van der Waals surface area contributed by atoms with Gasteiger partial charge in [-0.2, -0.15) is 0 Å². The van der Waals surface area contributed by atoms with Crippen molar-refractivity contribution in [1.29, 1.82) is 0 Å². The van der Waals surface area contributed by atoms with Gasteiger partial charge < -0.3 is 0 Å². The molecule has 0 saturated carbocycles. The van der Waals surface area contributed by atoms with Crippen LogP contribution in [0.25, 0.3) is 0 Å². The Labute approximate surface area is 91.4 Å². The van der Waals surface area contributed by atoms with Crippen molar-refractivity contribution in [3.63, 3.8) is 0 Å². The monoisotopic (exact) mass is 331 g/mol. The average Bonchev–Trinajstić information content (AvgIpc) is 1.94. The van der Waals surface area contributed by atoms with E-state index in [1.165, 1.54) is 6.07 Å². The normalized spacial score (nSPS) is 11.7. The predicted octanol–water partition coefficient (Wildman–Crippen LogP) is 2.00. The summed E-state index contributed by atoms with van der Waals surface area (Å²) in [5.74, 6) is -0.884. The minimum Gasteiger partial charge on any atom is -0.225 e. The quantitative estimate of drug-likeness (QED) is 0.799. The van der Waals surface area contributed by atoms with Crippen molar-refractivity contribution >= 4 is 41.9 Å². The molecule has 0 bridgehead atoms. The van der Waals surface area contributed by atoms with E-state index in [2.05, 4.69) is 31.9 Å². The molecule has 0 amide bonds. The number of benzene rings is 1. The minimum atomic E-state index is -4.01. The van der Waals surface area contributed by atoms with E-state index < -0.39 is 20.7 Å². The van der Waals surface area contributed by atoms with Gasteiger partial charge in [-0.15, -0.1) is 0 Å². The van der Waals surface area contributed by atoms with Gasteiger partial charge in [0.2, 0.25) is 10.0 Å². The Bertz CT molecular complexity index is 446. The topological polar surface area (TPSA) is 60.2 Å². The Balaban J connectivity index is 3.56. The molecule has 2 N–H and O–H groups in total. The molecule has 0 fully saturated rings. The predicted molar refractivity (Wildman–Crippen MR) is 53.2 cm³/mol. The summed E-state index contributed by atoms with van der Waals surface area (Å²) in [6, 6.07) is 2.50. The standard InChI is InChI=1S/C6H4Br2FNO2S/c7-3-1-4(8)6(9)5(2-3)13(10,11)12/h1-2H,(H2,10,11,12). The molecule has 7 heteroatoms. The van der Waals surface area contributed by atoms with Crippen LogP contribution in [-0.2, 0) is 10.0 Å². The SMILES string of the molecule is NS(=O)(=O)c1cc(Br)cc(Br)c1F. The van der Waals surface area contributed by atoms with Crippen LogP contribution in [0, 0.1) is 5.82 Å². The van der Waals surface area contributed by atoms with Crippen molar-refractivity contribution in [3.8, 4) is 0 Å². The number of hydrogen-bond donors (Lipinski definition) is 1. The molecule has 0 aliphatic carbocycles. The first kappa shape index (κ1) is 11.1. The van der Waals surface area contributed by atoms with E-state index >= 15 is 0 Å². The lowest BCUT2D eigenvalue weighted by Gasteiger charge is -2.02. The van der Waals surface area contributed by atoms with E-state index in [-0.39, 0.29) is 4.47 Å². The summed E-state index contributed by atoms with van der Waals surface area (Å²) in [4.78, 5) is -0.534. The fourth-order valence-corrected chi connectivity index (χ4v) is 2.90. The molecule has 1 rings (SSSR count). The van der Waals surface area contributed by atoms with Gasteiger partial charge in [-0.1, -0.05) is 15.9 Å². The second-order valence-electron chi connectivity index (χ2n) is 2.24. The minimum absolute atomic E-state index is 0.0471. The van der Waals surface area contributed by atoms with Crippen LogP contribution >= 0.6 is 31.9 Å². The van der Waals surface area contributed by atoms with Gasteiger partial charge in [0.25, 0.3) is 0 Å². The van der Waals surface area contributed by atoms with Crippen LogP contribution in [0.5, 0.6) is 0 Å². The van der Waals surface area contributed by atoms with E-state index in [9.17, 15) is 12.8 Å². The number of hydrogen-bond acceptors (Lipinski definition) is 2. The van der Waals surface area contributed by atoms with Gasteiger partial charge in [-0.05, 0) is 28.1 Å². The summed E-state index contributed by atoms with van der Waals surface area (Å²) >= 11 is 5.89. The van der Waals surface area contributed by atoms with Gasteiger partial charge >= 0.3 is 0 Å². The molecular weight excluding hydrogens is 329 g/mol. The molecule has 0 radical (unpaired) electrons. The number of sulfonamides is 1. The fraction of sp³-hybridized carbons (Fsp3) is 0. The number of halogens is 3. The summed E-state index contributed by atoms with van der Waals surface area (Å²) in [5, 5.41) is 4.79. The maximum atomic E-state index is 13.2. The van der Waals surface area contributed by atoms with Crippen LogP contribution in [0.1, 0.15) is 0 Å². The Hall–Kier alpha value is 0.0200. The summed E-state index contributed by atoms with van der Waals surface area (Å²) < 4.78 is 35.3. The molecule has 1 aromatic carbocycles.